The predicted molar refractivity (Wildman–Crippen MR) is 83.3 cm³/mol. The van der Waals surface area contributed by atoms with E-state index in [2.05, 4.69) is 47.3 Å². The van der Waals surface area contributed by atoms with E-state index in [4.69, 9.17) is 0 Å². The zero-order valence-electron chi connectivity index (χ0n) is 12.8. The summed E-state index contributed by atoms with van der Waals surface area (Å²) in [5.74, 6) is -0.164. The van der Waals surface area contributed by atoms with E-state index in [0.29, 0.717) is 12.2 Å². The first-order valence-electron chi connectivity index (χ1n) is 7.19. The van der Waals surface area contributed by atoms with E-state index in [1.54, 1.807) is 6.20 Å². The Morgan fingerprint density at radius 2 is 1.95 bits per heavy atom. The first-order chi connectivity index (χ1) is 10.1. The molecule has 4 heteroatoms. The molecule has 0 atom stereocenters. The monoisotopic (exact) mass is 283 g/mol. The highest BCUT2D eigenvalue weighted by Crippen LogP contribution is 2.12. The van der Waals surface area contributed by atoms with E-state index >= 15 is 0 Å². The van der Waals surface area contributed by atoms with Gasteiger partial charge in [-0.25, -0.2) is 4.98 Å². The highest BCUT2D eigenvalue weighted by Gasteiger charge is 2.06. The number of hydrogen-bond donors (Lipinski definition) is 1. The van der Waals surface area contributed by atoms with Gasteiger partial charge in [0.25, 0.3) is 5.91 Å². The van der Waals surface area contributed by atoms with Gasteiger partial charge < -0.3 is 5.32 Å². The van der Waals surface area contributed by atoms with Crippen LogP contribution in [0.3, 0.4) is 0 Å². The smallest absolute Gasteiger partial charge is 0.271 e. The van der Waals surface area contributed by atoms with Gasteiger partial charge in [0, 0.05) is 12.7 Å². The molecular formula is C17H21N3O. The molecule has 0 bridgehead atoms. The van der Waals surface area contributed by atoms with Crippen molar-refractivity contribution >= 4 is 5.91 Å². The summed E-state index contributed by atoms with van der Waals surface area (Å²) in [7, 11) is 0. The SMILES string of the molecule is Cc1ccc(CCCNC(=O)c2cnc(C)cn2)c(C)c1. The number of amides is 1. The molecule has 110 valence electrons. The average molecular weight is 283 g/mol. The highest BCUT2D eigenvalue weighted by molar-refractivity contribution is 5.91. The van der Waals surface area contributed by atoms with Crippen molar-refractivity contribution in [2.24, 2.45) is 0 Å². The number of nitrogens with zero attached hydrogens (tertiary/aromatic N) is 2. The summed E-state index contributed by atoms with van der Waals surface area (Å²) in [4.78, 5) is 20.0. The van der Waals surface area contributed by atoms with Gasteiger partial charge in [0.2, 0.25) is 0 Å². The van der Waals surface area contributed by atoms with Gasteiger partial charge in [-0.2, -0.15) is 0 Å². The summed E-state index contributed by atoms with van der Waals surface area (Å²) in [5.41, 5.74) is 5.10. The van der Waals surface area contributed by atoms with Crippen LogP contribution in [0.4, 0.5) is 0 Å². The molecule has 0 aliphatic rings. The van der Waals surface area contributed by atoms with Gasteiger partial charge in [-0.15, -0.1) is 0 Å². The van der Waals surface area contributed by atoms with Crippen molar-refractivity contribution in [3.63, 3.8) is 0 Å². The third kappa shape index (κ3) is 4.38. The number of carbonyl (C=O) groups excluding carboxylic acids is 1. The first kappa shape index (κ1) is 15.2. The third-order valence-electron chi connectivity index (χ3n) is 3.42. The molecule has 2 aromatic rings. The summed E-state index contributed by atoms with van der Waals surface area (Å²) in [6, 6.07) is 6.48. The average Bonchev–Trinajstić information content (AvgIpc) is 2.46. The van der Waals surface area contributed by atoms with Crippen LogP contribution >= 0.6 is 0 Å². The van der Waals surface area contributed by atoms with Crippen molar-refractivity contribution in [2.45, 2.75) is 33.6 Å². The lowest BCUT2D eigenvalue weighted by molar-refractivity contribution is 0.0948. The van der Waals surface area contributed by atoms with Gasteiger partial charge in [-0.1, -0.05) is 23.8 Å². The Balaban J connectivity index is 1.79. The lowest BCUT2D eigenvalue weighted by atomic mass is 10.0. The van der Waals surface area contributed by atoms with Crippen molar-refractivity contribution in [3.05, 3.63) is 58.7 Å². The van der Waals surface area contributed by atoms with E-state index in [0.717, 1.165) is 18.5 Å². The number of aryl methyl sites for hydroxylation is 4. The topological polar surface area (TPSA) is 54.9 Å². The van der Waals surface area contributed by atoms with Gasteiger partial charge in [0.15, 0.2) is 0 Å². The molecule has 1 aromatic carbocycles. The Hall–Kier alpha value is -2.23. The van der Waals surface area contributed by atoms with Gasteiger partial charge in [-0.3, -0.25) is 9.78 Å². The van der Waals surface area contributed by atoms with Crippen molar-refractivity contribution in [1.82, 2.24) is 15.3 Å². The maximum Gasteiger partial charge on any atom is 0.271 e. The highest BCUT2D eigenvalue weighted by atomic mass is 16.1. The predicted octanol–water partition coefficient (Wildman–Crippen LogP) is 2.76. The van der Waals surface area contributed by atoms with Crippen LogP contribution in [0.2, 0.25) is 0 Å². The lowest BCUT2D eigenvalue weighted by Crippen LogP contribution is -2.25. The molecule has 21 heavy (non-hydrogen) atoms. The Morgan fingerprint density at radius 1 is 1.14 bits per heavy atom. The second kappa shape index (κ2) is 6.97. The van der Waals surface area contributed by atoms with Crippen LogP contribution in [-0.2, 0) is 6.42 Å². The summed E-state index contributed by atoms with van der Waals surface area (Å²) in [6.45, 7) is 6.71. The summed E-state index contributed by atoms with van der Waals surface area (Å²) in [6.07, 6.45) is 4.99. The fourth-order valence-electron chi connectivity index (χ4n) is 2.21. The standard InChI is InChI=1S/C17H21N3O/c1-12-6-7-15(13(2)9-12)5-4-8-18-17(21)16-11-19-14(3)10-20-16/h6-7,9-11H,4-5,8H2,1-3H3,(H,18,21). The Morgan fingerprint density at radius 3 is 2.62 bits per heavy atom. The van der Waals surface area contributed by atoms with Crippen LogP contribution in [0.5, 0.6) is 0 Å². The van der Waals surface area contributed by atoms with Gasteiger partial charge in [0.05, 0.1) is 11.9 Å². The zero-order valence-corrected chi connectivity index (χ0v) is 12.8. The molecule has 2 rings (SSSR count). The van der Waals surface area contributed by atoms with Crippen molar-refractivity contribution in [1.29, 1.82) is 0 Å². The Kier molecular flexibility index (Phi) is 5.04. The molecule has 0 aliphatic heterocycles. The van der Waals surface area contributed by atoms with E-state index in [-0.39, 0.29) is 5.91 Å². The Labute approximate surface area is 125 Å². The van der Waals surface area contributed by atoms with E-state index in [1.165, 1.54) is 22.9 Å². The number of rotatable bonds is 5. The van der Waals surface area contributed by atoms with Crippen molar-refractivity contribution in [3.8, 4) is 0 Å². The maximum atomic E-state index is 11.9. The quantitative estimate of drug-likeness (QED) is 0.858. The van der Waals surface area contributed by atoms with Crippen molar-refractivity contribution < 1.29 is 4.79 Å². The molecule has 1 aromatic heterocycles. The van der Waals surface area contributed by atoms with Crippen LogP contribution in [0.15, 0.2) is 30.6 Å². The largest absolute Gasteiger partial charge is 0.351 e. The number of aromatic nitrogens is 2. The molecule has 0 radical (unpaired) electrons. The molecule has 0 saturated heterocycles. The molecule has 0 spiro atoms. The van der Waals surface area contributed by atoms with Crippen LogP contribution in [0.25, 0.3) is 0 Å². The molecule has 4 nitrogen and oxygen atoms in total. The molecule has 0 fully saturated rings. The lowest BCUT2D eigenvalue weighted by Gasteiger charge is -2.08. The molecule has 1 heterocycles. The number of benzene rings is 1. The normalized spacial score (nSPS) is 10.4. The number of nitrogens with one attached hydrogen (secondary N) is 1. The summed E-state index contributed by atoms with van der Waals surface area (Å²) >= 11 is 0. The minimum Gasteiger partial charge on any atom is -0.351 e. The molecule has 0 aliphatic carbocycles. The van der Waals surface area contributed by atoms with E-state index < -0.39 is 0 Å². The fourth-order valence-corrected chi connectivity index (χ4v) is 2.21. The molecule has 0 saturated carbocycles. The second-order valence-corrected chi connectivity index (χ2v) is 5.33. The summed E-state index contributed by atoms with van der Waals surface area (Å²) in [5, 5.41) is 2.88. The Bertz CT molecular complexity index is 620. The van der Waals surface area contributed by atoms with Gasteiger partial charge in [-0.05, 0) is 44.7 Å². The third-order valence-corrected chi connectivity index (χ3v) is 3.42. The van der Waals surface area contributed by atoms with Crippen molar-refractivity contribution in [2.75, 3.05) is 6.54 Å². The van der Waals surface area contributed by atoms with Crippen LogP contribution in [0.1, 0.15) is 39.3 Å². The van der Waals surface area contributed by atoms with Crippen LogP contribution in [0, 0.1) is 20.8 Å². The number of hydrogen-bond acceptors (Lipinski definition) is 3. The fraction of sp³-hybridized carbons (Fsp3) is 0.353. The maximum absolute atomic E-state index is 11.9. The van der Waals surface area contributed by atoms with Gasteiger partial charge >= 0.3 is 0 Å². The van der Waals surface area contributed by atoms with Crippen LogP contribution in [-0.4, -0.2) is 22.4 Å². The summed E-state index contributed by atoms with van der Waals surface area (Å²) < 4.78 is 0. The minimum absolute atomic E-state index is 0.164. The zero-order chi connectivity index (χ0) is 15.2. The van der Waals surface area contributed by atoms with E-state index in [9.17, 15) is 4.79 Å². The molecule has 1 N–H and O–H groups in total. The van der Waals surface area contributed by atoms with Gasteiger partial charge in [0.1, 0.15) is 5.69 Å². The van der Waals surface area contributed by atoms with Crippen LogP contribution < -0.4 is 5.32 Å². The van der Waals surface area contributed by atoms with E-state index in [1.807, 2.05) is 6.92 Å². The minimum atomic E-state index is -0.164. The number of carbonyl (C=O) groups is 1. The molecule has 1 amide bonds. The first-order valence-corrected chi connectivity index (χ1v) is 7.19. The molecule has 0 unspecified atom stereocenters. The second-order valence-electron chi connectivity index (χ2n) is 5.33. The molecular weight excluding hydrogens is 262 g/mol.